The number of primary amides is 1. The highest BCUT2D eigenvalue weighted by molar-refractivity contribution is 5.79. The third-order valence-corrected chi connectivity index (χ3v) is 6.82. The molecule has 3 aliphatic rings. The summed E-state index contributed by atoms with van der Waals surface area (Å²) in [4.78, 5) is 35.1. The third-order valence-electron chi connectivity index (χ3n) is 6.82. The normalized spacial score (nSPS) is 46.8. The van der Waals surface area contributed by atoms with Gasteiger partial charge >= 0.3 is 0 Å². The van der Waals surface area contributed by atoms with E-state index in [1.54, 1.807) is 0 Å². The molecule has 3 rings (SSSR count). The van der Waals surface area contributed by atoms with E-state index < -0.39 is 110 Å². The van der Waals surface area contributed by atoms with Crippen LogP contribution in [0.5, 0.6) is 0 Å². The second-order valence-corrected chi connectivity index (χ2v) is 9.88. The summed E-state index contributed by atoms with van der Waals surface area (Å²) < 4.78 is 27.9. The van der Waals surface area contributed by atoms with Gasteiger partial charge in [-0.15, -0.1) is 0 Å². The molecule has 17 heteroatoms. The van der Waals surface area contributed by atoms with Crippen molar-refractivity contribution in [1.29, 1.82) is 0 Å². The molecule has 17 nitrogen and oxygen atoms in total. The highest BCUT2D eigenvalue weighted by Crippen LogP contribution is 2.32. The van der Waals surface area contributed by atoms with Crippen molar-refractivity contribution in [2.24, 2.45) is 5.73 Å². The molecule has 0 bridgehead atoms. The second-order valence-electron chi connectivity index (χ2n) is 9.88. The molecule has 0 radical (unpaired) electrons. The van der Waals surface area contributed by atoms with E-state index in [1.165, 1.54) is 20.8 Å². The van der Waals surface area contributed by atoms with Crippen molar-refractivity contribution in [1.82, 2.24) is 10.6 Å². The van der Waals surface area contributed by atoms with Crippen LogP contribution in [0.25, 0.3) is 0 Å². The molecule has 3 fully saturated rings. The maximum Gasteiger partial charge on any atom is 0.249 e. The van der Waals surface area contributed by atoms with Gasteiger partial charge in [0.1, 0.15) is 54.8 Å². The Hall–Kier alpha value is -2.03. The number of aliphatic hydroxyl groups is 6. The molecule has 0 aromatic heterocycles. The first-order valence-corrected chi connectivity index (χ1v) is 12.3. The largest absolute Gasteiger partial charge is 0.388 e. The van der Waals surface area contributed by atoms with Gasteiger partial charge < -0.3 is 70.7 Å². The van der Waals surface area contributed by atoms with Gasteiger partial charge in [-0.05, 0) is 13.8 Å². The molecular formula is C22H37N3O14. The van der Waals surface area contributed by atoms with Crippen LogP contribution in [0.15, 0.2) is 0 Å². The van der Waals surface area contributed by atoms with E-state index in [4.69, 9.17) is 29.4 Å². The molecule has 0 aromatic carbocycles. The molecule has 3 aliphatic heterocycles. The highest BCUT2D eigenvalue weighted by atomic mass is 16.7. The fraction of sp³-hybridized carbons (Fsp3) is 0.864. The van der Waals surface area contributed by atoms with Crippen LogP contribution in [0, 0.1) is 0 Å². The van der Waals surface area contributed by atoms with Crippen molar-refractivity contribution in [2.45, 2.75) is 120 Å². The Morgan fingerprint density at radius 1 is 0.667 bits per heavy atom. The quantitative estimate of drug-likeness (QED) is 0.139. The first-order valence-electron chi connectivity index (χ1n) is 12.3. The summed E-state index contributed by atoms with van der Waals surface area (Å²) in [7, 11) is 0. The highest BCUT2D eigenvalue weighted by Gasteiger charge is 2.53. The maximum absolute atomic E-state index is 11.9. The van der Waals surface area contributed by atoms with Gasteiger partial charge in [0.05, 0.1) is 12.2 Å². The SMILES string of the molecule is CC(=O)N[C@H]1[C@H](O[C@@H]2[C@@H](O)[C@@H](O)[C@@H](C(N)=O)O[C@@H]2O)O[C@H](C)[C@@H](O[C@@H]2O[C@H](C)[C@@H](O)[C@H](O)[C@H]2NC(C)=O)[C@@H]1O. The van der Waals surface area contributed by atoms with E-state index in [-0.39, 0.29) is 0 Å². The van der Waals surface area contributed by atoms with Crippen LogP contribution in [-0.4, -0.2) is 140 Å². The number of hydrogen-bond acceptors (Lipinski definition) is 14. The summed E-state index contributed by atoms with van der Waals surface area (Å²) in [5.41, 5.74) is 5.11. The molecule has 0 spiro atoms. The van der Waals surface area contributed by atoms with Crippen molar-refractivity contribution in [3.8, 4) is 0 Å². The molecular weight excluding hydrogens is 530 g/mol. The average molecular weight is 568 g/mol. The van der Waals surface area contributed by atoms with E-state index in [0.29, 0.717) is 0 Å². The number of amides is 3. The molecule has 0 aromatic rings. The summed E-state index contributed by atoms with van der Waals surface area (Å²) in [6.45, 7) is 5.25. The molecule has 3 heterocycles. The fourth-order valence-electron chi connectivity index (χ4n) is 4.79. The summed E-state index contributed by atoms with van der Waals surface area (Å²) in [5.74, 6) is -2.32. The number of ether oxygens (including phenoxy) is 5. The van der Waals surface area contributed by atoms with Crippen molar-refractivity contribution in [3.63, 3.8) is 0 Å². The van der Waals surface area contributed by atoms with E-state index in [2.05, 4.69) is 10.6 Å². The Balaban J connectivity index is 1.81. The Morgan fingerprint density at radius 2 is 1.15 bits per heavy atom. The van der Waals surface area contributed by atoms with E-state index in [1.807, 2.05) is 0 Å². The standard InChI is InChI=1S/C22H37N3O14/c1-5-11(28)12(29)9(24-7(3)26)21(35-5)38-16-6(2)36-22(10(13(16)30)25-8(4)27)39-18-15(32)14(31)17(19(23)33)37-20(18)34/h5-6,9-18,20-22,28-32,34H,1-4H3,(H2,23,33)(H,24,26)(H,25,27)/t5-,6-,9-,10-,11-,12-,13-,14-,15+,16-,17+,18-,20+,21+,22+/m1/s1. The van der Waals surface area contributed by atoms with E-state index >= 15 is 0 Å². The Kier molecular flexibility index (Phi) is 10.2. The fourth-order valence-corrected chi connectivity index (χ4v) is 4.79. The average Bonchev–Trinajstić information content (AvgIpc) is 2.84. The van der Waals surface area contributed by atoms with Crippen molar-refractivity contribution in [2.75, 3.05) is 0 Å². The predicted molar refractivity (Wildman–Crippen MR) is 124 cm³/mol. The molecule has 0 saturated carbocycles. The lowest BCUT2D eigenvalue weighted by molar-refractivity contribution is -0.355. The molecule has 0 unspecified atom stereocenters. The van der Waals surface area contributed by atoms with Crippen LogP contribution < -0.4 is 16.4 Å². The molecule has 3 amide bonds. The summed E-state index contributed by atoms with van der Waals surface area (Å²) in [6.07, 6.45) is -19.7. The number of hydrogen-bond donors (Lipinski definition) is 9. The summed E-state index contributed by atoms with van der Waals surface area (Å²) in [5, 5.41) is 67.7. The third kappa shape index (κ3) is 6.83. The first-order chi connectivity index (χ1) is 18.1. The number of nitrogens with one attached hydrogen (secondary N) is 2. The zero-order chi connectivity index (χ0) is 29.3. The van der Waals surface area contributed by atoms with Gasteiger partial charge in [-0.2, -0.15) is 0 Å². The molecule has 15 atom stereocenters. The van der Waals surface area contributed by atoms with Crippen LogP contribution in [0.1, 0.15) is 27.7 Å². The predicted octanol–water partition coefficient (Wildman–Crippen LogP) is -5.74. The van der Waals surface area contributed by atoms with Crippen molar-refractivity contribution >= 4 is 17.7 Å². The van der Waals surface area contributed by atoms with Crippen molar-refractivity contribution in [3.05, 3.63) is 0 Å². The number of carbonyl (C=O) groups is 3. The summed E-state index contributed by atoms with van der Waals surface area (Å²) >= 11 is 0. The van der Waals surface area contributed by atoms with Gasteiger partial charge in [0, 0.05) is 13.8 Å². The molecule has 0 aliphatic carbocycles. The second kappa shape index (κ2) is 12.6. The van der Waals surface area contributed by atoms with Crippen LogP contribution in [0.4, 0.5) is 0 Å². The molecule has 10 N–H and O–H groups in total. The Morgan fingerprint density at radius 3 is 1.67 bits per heavy atom. The van der Waals surface area contributed by atoms with Gasteiger partial charge in [0.2, 0.25) is 17.7 Å². The number of nitrogens with two attached hydrogens (primary N) is 1. The Labute approximate surface area is 223 Å². The summed E-state index contributed by atoms with van der Waals surface area (Å²) in [6, 6.07) is -2.62. The molecule has 3 saturated heterocycles. The lowest BCUT2D eigenvalue weighted by Gasteiger charge is -2.49. The van der Waals surface area contributed by atoms with Gasteiger partial charge in [-0.1, -0.05) is 0 Å². The van der Waals surface area contributed by atoms with Gasteiger partial charge in [-0.3, -0.25) is 14.4 Å². The van der Waals surface area contributed by atoms with Crippen molar-refractivity contribution < 1.29 is 68.7 Å². The molecule has 39 heavy (non-hydrogen) atoms. The van der Waals surface area contributed by atoms with Gasteiger partial charge in [0.25, 0.3) is 0 Å². The number of carbonyl (C=O) groups excluding carboxylic acids is 3. The van der Waals surface area contributed by atoms with Gasteiger partial charge in [-0.25, -0.2) is 0 Å². The zero-order valence-corrected chi connectivity index (χ0v) is 21.7. The van der Waals surface area contributed by atoms with E-state index in [9.17, 15) is 45.0 Å². The smallest absolute Gasteiger partial charge is 0.249 e. The van der Waals surface area contributed by atoms with Crippen LogP contribution in [0.3, 0.4) is 0 Å². The molecule has 224 valence electrons. The minimum atomic E-state index is -1.95. The van der Waals surface area contributed by atoms with Gasteiger partial charge in [0.15, 0.2) is 25.0 Å². The lowest BCUT2D eigenvalue weighted by Crippen LogP contribution is -2.69. The monoisotopic (exact) mass is 567 g/mol. The lowest BCUT2D eigenvalue weighted by atomic mass is 9.94. The first kappa shape index (κ1) is 31.5. The number of aliphatic hydroxyl groups excluding tert-OH is 6. The van der Waals surface area contributed by atoms with Crippen LogP contribution in [-0.2, 0) is 38.1 Å². The maximum atomic E-state index is 11.9. The Bertz CT molecular complexity index is 896. The minimum Gasteiger partial charge on any atom is -0.388 e. The van der Waals surface area contributed by atoms with Crippen LogP contribution >= 0.6 is 0 Å². The topological polar surface area (TPSA) is 269 Å². The van der Waals surface area contributed by atoms with Crippen LogP contribution in [0.2, 0.25) is 0 Å². The zero-order valence-electron chi connectivity index (χ0n) is 21.7. The minimum absolute atomic E-state index is 0.552. The number of rotatable bonds is 7. The van der Waals surface area contributed by atoms with E-state index in [0.717, 1.165) is 6.92 Å².